The second kappa shape index (κ2) is 1.97. The van der Waals surface area contributed by atoms with Crippen LogP contribution in [0.15, 0.2) is 4.99 Å². The molecule has 1 rings (SSSR count). The molecular weight excluding hydrogens is 120 g/mol. The number of carbonyl (C=O) groups excluding carboxylic acids is 1. The van der Waals surface area contributed by atoms with E-state index in [0.717, 1.165) is 4.94 Å². The molecule has 0 radical (unpaired) electrons. The third-order valence-electron chi connectivity index (χ3n) is 0.963. The Labute approximate surface area is 53.9 Å². The first-order chi connectivity index (χ1) is 3.70. The Morgan fingerprint density at radius 1 is 1.75 bits per heavy atom. The van der Waals surface area contributed by atoms with Gasteiger partial charge in [-0.15, -0.1) is 11.8 Å². The van der Waals surface area contributed by atoms with E-state index in [2.05, 4.69) is 4.99 Å². The van der Waals surface area contributed by atoms with Crippen molar-refractivity contribution < 1.29 is 4.79 Å². The summed E-state index contributed by atoms with van der Waals surface area (Å²) in [6.07, 6.45) is 0. The number of rotatable bonds is 0. The molecule has 2 nitrogen and oxygen atoms in total. The zero-order chi connectivity index (χ0) is 6.15. The molecular formula is C3H5B2NOS. The lowest BCUT2D eigenvalue weighted by Crippen LogP contribution is -2.08. The molecule has 0 spiro atoms. The van der Waals surface area contributed by atoms with Crippen LogP contribution in [0.1, 0.15) is 0 Å². The molecule has 1 atom stereocenters. The van der Waals surface area contributed by atoms with Crippen LogP contribution in [0.25, 0.3) is 0 Å². The van der Waals surface area contributed by atoms with Gasteiger partial charge >= 0.3 is 0 Å². The van der Waals surface area contributed by atoms with Crippen LogP contribution in [0.4, 0.5) is 0 Å². The third kappa shape index (κ3) is 0.968. The maximum absolute atomic E-state index is 10.6. The molecule has 40 valence electrons. The fraction of sp³-hybridized carbons (Fsp3) is 0.333. The summed E-state index contributed by atoms with van der Waals surface area (Å²) in [6, 6.07) is 0. The minimum atomic E-state index is 0.00694. The second-order valence-corrected chi connectivity index (χ2v) is 3.26. The number of amides is 1. The van der Waals surface area contributed by atoms with Gasteiger partial charge < -0.3 is 0 Å². The van der Waals surface area contributed by atoms with E-state index < -0.39 is 0 Å². The molecule has 0 bridgehead atoms. The SMILES string of the molecule is BC1=NC(=O)C(B)S1. The summed E-state index contributed by atoms with van der Waals surface area (Å²) in [5.41, 5.74) is 0. The highest BCUT2D eigenvalue weighted by Gasteiger charge is 2.19. The zero-order valence-electron chi connectivity index (χ0n) is 4.84. The van der Waals surface area contributed by atoms with Gasteiger partial charge in [0.1, 0.15) is 7.85 Å². The second-order valence-electron chi connectivity index (χ2n) is 1.73. The van der Waals surface area contributed by atoms with E-state index in [9.17, 15) is 4.79 Å². The van der Waals surface area contributed by atoms with E-state index in [-0.39, 0.29) is 11.1 Å². The molecule has 5 heteroatoms. The van der Waals surface area contributed by atoms with Crippen LogP contribution in [-0.4, -0.2) is 31.7 Å². The number of aliphatic imine (C=N–C) groups is 1. The molecule has 0 aromatic rings. The average Bonchev–Trinajstić information content (AvgIpc) is 1.85. The zero-order valence-corrected chi connectivity index (χ0v) is 5.66. The van der Waals surface area contributed by atoms with Gasteiger partial charge in [-0.3, -0.25) is 4.79 Å². The smallest absolute Gasteiger partial charge is 0.250 e. The quantitative estimate of drug-likeness (QED) is 0.357. The largest absolute Gasteiger partial charge is 0.272 e. The van der Waals surface area contributed by atoms with E-state index in [1.807, 2.05) is 15.7 Å². The van der Waals surface area contributed by atoms with Crippen LogP contribution in [-0.2, 0) is 4.79 Å². The van der Waals surface area contributed by atoms with Crippen molar-refractivity contribution in [2.45, 2.75) is 5.15 Å². The van der Waals surface area contributed by atoms with E-state index in [1.54, 1.807) is 0 Å². The Balaban J connectivity index is 2.70. The summed E-state index contributed by atoms with van der Waals surface area (Å²) in [5.74, 6) is 0.00694. The lowest BCUT2D eigenvalue weighted by atomic mass is 10.0. The summed E-state index contributed by atoms with van der Waals surface area (Å²) < 4.78 is 0. The lowest BCUT2D eigenvalue weighted by Gasteiger charge is -1.90. The third-order valence-corrected chi connectivity index (χ3v) is 1.95. The van der Waals surface area contributed by atoms with Crippen LogP contribution >= 0.6 is 11.8 Å². The Hall–Kier alpha value is -0.180. The van der Waals surface area contributed by atoms with Gasteiger partial charge in [0.15, 0.2) is 7.85 Å². The van der Waals surface area contributed by atoms with Crippen molar-refractivity contribution in [2.75, 3.05) is 0 Å². The fourth-order valence-electron chi connectivity index (χ4n) is 0.579. The van der Waals surface area contributed by atoms with Crippen molar-refractivity contribution in [3.8, 4) is 0 Å². The summed E-state index contributed by atoms with van der Waals surface area (Å²) in [6.45, 7) is 0. The Bertz CT molecular complexity index is 157. The van der Waals surface area contributed by atoms with Gasteiger partial charge in [0.05, 0.1) is 5.15 Å². The summed E-state index contributed by atoms with van der Waals surface area (Å²) in [4.78, 5) is 15.2. The molecule has 1 heterocycles. The Morgan fingerprint density at radius 2 is 2.38 bits per heavy atom. The predicted octanol–water partition coefficient (Wildman–Crippen LogP) is -1.79. The maximum Gasteiger partial charge on any atom is 0.250 e. The van der Waals surface area contributed by atoms with Crippen LogP contribution in [0.5, 0.6) is 0 Å². The molecule has 8 heavy (non-hydrogen) atoms. The molecule has 0 aromatic heterocycles. The molecule has 0 N–H and O–H groups in total. The van der Waals surface area contributed by atoms with Crippen LogP contribution in [0.2, 0.25) is 0 Å². The normalized spacial score (nSPS) is 28.2. The van der Waals surface area contributed by atoms with E-state index in [4.69, 9.17) is 0 Å². The van der Waals surface area contributed by atoms with Crippen LogP contribution in [0, 0.1) is 0 Å². The summed E-state index contributed by atoms with van der Waals surface area (Å²) in [7, 11) is 3.72. The van der Waals surface area contributed by atoms with Gasteiger partial charge in [-0.1, -0.05) is 0 Å². The highest BCUT2D eigenvalue weighted by Crippen LogP contribution is 2.16. The van der Waals surface area contributed by atoms with E-state index in [0.29, 0.717) is 0 Å². The number of nitrogens with zero attached hydrogens (tertiary/aromatic N) is 1. The van der Waals surface area contributed by atoms with Crippen molar-refractivity contribution >= 4 is 38.3 Å². The van der Waals surface area contributed by atoms with Gasteiger partial charge in [0, 0.05) is 4.94 Å². The molecule has 0 saturated carbocycles. The van der Waals surface area contributed by atoms with E-state index in [1.165, 1.54) is 11.8 Å². The minimum Gasteiger partial charge on any atom is -0.272 e. The molecule has 1 aliphatic rings. The molecule has 1 aliphatic heterocycles. The van der Waals surface area contributed by atoms with Gasteiger partial charge in [-0.05, 0) is 0 Å². The van der Waals surface area contributed by atoms with Crippen LogP contribution < -0.4 is 0 Å². The maximum atomic E-state index is 10.6. The fourth-order valence-corrected chi connectivity index (χ4v) is 1.39. The van der Waals surface area contributed by atoms with Gasteiger partial charge in [-0.25, -0.2) is 4.99 Å². The first-order valence-corrected chi connectivity index (χ1v) is 3.34. The lowest BCUT2D eigenvalue weighted by molar-refractivity contribution is -0.115. The molecule has 0 saturated heterocycles. The average molecular weight is 125 g/mol. The van der Waals surface area contributed by atoms with Gasteiger partial charge in [-0.2, -0.15) is 0 Å². The Kier molecular flexibility index (Phi) is 1.47. The first-order valence-electron chi connectivity index (χ1n) is 2.46. The van der Waals surface area contributed by atoms with Crippen molar-refractivity contribution in [3.05, 3.63) is 0 Å². The van der Waals surface area contributed by atoms with Crippen molar-refractivity contribution in [3.63, 3.8) is 0 Å². The first kappa shape index (κ1) is 5.95. The highest BCUT2D eigenvalue weighted by atomic mass is 32.2. The van der Waals surface area contributed by atoms with Crippen molar-refractivity contribution in [1.82, 2.24) is 0 Å². The topological polar surface area (TPSA) is 29.4 Å². The van der Waals surface area contributed by atoms with Crippen LogP contribution in [0.3, 0.4) is 0 Å². The number of hydrogen-bond donors (Lipinski definition) is 0. The van der Waals surface area contributed by atoms with Gasteiger partial charge in [0.25, 0.3) is 5.91 Å². The molecule has 0 fully saturated rings. The number of hydrogen-bond acceptors (Lipinski definition) is 2. The number of thioether (sulfide) groups is 1. The predicted molar refractivity (Wildman–Crippen MR) is 40.9 cm³/mol. The number of carbonyl (C=O) groups is 1. The summed E-state index contributed by atoms with van der Waals surface area (Å²) >= 11 is 1.53. The molecule has 0 aromatic carbocycles. The highest BCUT2D eigenvalue weighted by molar-refractivity contribution is 8.19. The monoisotopic (exact) mass is 125 g/mol. The van der Waals surface area contributed by atoms with Gasteiger partial charge in [0.2, 0.25) is 0 Å². The minimum absolute atomic E-state index is 0.00694. The summed E-state index contributed by atoms with van der Waals surface area (Å²) in [5, 5.41) is 0.0648. The van der Waals surface area contributed by atoms with E-state index >= 15 is 0 Å². The Morgan fingerprint density at radius 3 is 2.50 bits per heavy atom. The van der Waals surface area contributed by atoms with Crippen molar-refractivity contribution in [1.29, 1.82) is 0 Å². The standard InChI is InChI=1S/C3H5B2NOS/c4-1-2(7)6-3(5)8-1/h1H,4-5H2. The molecule has 1 unspecified atom stereocenters. The van der Waals surface area contributed by atoms with Crippen molar-refractivity contribution in [2.24, 2.45) is 4.99 Å². The molecule has 1 amide bonds. The molecule has 0 aliphatic carbocycles.